The lowest BCUT2D eigenvalue weighted by atomic mass is 10.2. The van der Waals surface area contributed by atoms with Crippen LogP contribution < -0.4 is 0 Å². The van der Waals surface area contributed by atoms with Crippen molar-refractivity contribution in [1.82, 2.24) is 14.5 Å². The first-order valence-corrected chi connectivity index (χ1v) is 7.37. The van der Waals surface area contributed by atoms with Crippen LogP contribution >= 0.6 is 22.6 Å². The summed E-state index contributed by atoms with van der Waals surface area (Å²) in [5, 5.41) is 1.13. The second kappa shape index (κ2) is 4.56. The normalized spacial score (nSPS) is 11.2. The van der Waals surface area contributed by atoms with E-state index in [1.54, 1.807) is 0 Å². The Hall–Kier alpha value is -1.95. The third-order valence-electron chi connectivity index (χ3n) is 3.39. The molecular formula is C16H10IN3. The van der Waals surface area contributed by atoms with Crippen LogP contribution in [0.5, 0.6) is 0 Å². The molecule has 0 spiro atoms. The standard InChI is InChI=1S/C16H10IN3/c17-11-5-7-12(8-6-11)20-10-19-15-9-18-14-4-2-1-3-13(14)16(15)20/h1-10H. The van der Waals surface area contributed by atoms with E-state index in [-0.39, 0.29) is 0 Å². The molecule has 0 amide bonds. The summed E-state index contributed by atoms with van der Waals surface area (Å²) in [5.41, 5.74) is 4.13. The maximum absolute atomic E-state index is 4.47. The van der Waals surface area contributed by atoms with Crippen LogP contribution in [0.1, 0.15) is 0 Å². The average molecular weight is 371 g/mol. The molecule has 2 aromatic carbocycles. The van der Waals surface area contributed by atoms with Crippen molar-refractivity contribution in [2.75, 3.05) is 0 Å². The maximum atomic E-state index is 4.47. The van der Waals surface area contributed by atoms with Crippen LogP contribution in [0.25, 0.3) is 27.6 Å². The Balaban J connectivity index is 2.09. The molecule has 0 aliphatic heterocycles. The second-order valence-corrected chi connectivity index (χ2v) is 5.85. The van der Waals surface area contributed by atoms with Crippen LogP contribution in [0.15, 0.2) is 61.1 Å². The lowest BCUT2D eigenvalue weighted by Gasteiger charge is -2.06. The third kappa shape index (κ3) is 1.79. The number of benzene rings is 2. The molecule has 4 rings (SSSR count). The summed E-state index contributed by atoms with van der Waals surface area (Å²) in [7, 11) is 0. The van der Waals surface area contributed by atoms with E-state index in [9.17, 15) is 0 Å². The molecular weight excluding hydrogens is 361 g/mol. The van der Waals surface area contributed by atoms with Crippen LogP contribution in [0, 0.1) is 3.57 Å². The molecule has 0 saturated carbocycles. The van der Waals surface area contributed by atoms with Gasteiger partial charge in [0.05, 0.1) is 17.2 Å². The number of pyridine rings is 1. The van der Waals surface area contributed by atoms with E-state index in [4.69, 9.17) is 0 Å². The Bertz CT molecular complexity index is 910. The number of fused-ring (bicyclic) bond motifs is 3. The molecule has 0 aliphatic rings. The summed E-state index contributed by atoms with van der Waals surface area (Å²) in [4.78, 5) is 8.92. The van der Waals surface area contributed by atoms with Gasteiger partial charge in [-0.3, -0.25) is 9.55 Å². The molecule has 0 radical (unpaired) electrons. The van der Waals surface area contributed by atoms with Gasteiger partial charge < -0.3 is 0 Å². The van der Waals surface area contributed by atoms with Gasteiger partial charge in [-0.25, -0.2) is 4.98 Å². The predicted octanol–water partition coefficient (Wildman–Crippen LogP) is 4.18. The van der Waals surface area contributed by atoms with E-state index < -0.39 is 0 Å². The second-order valence-electron chi connectivity index (χ2n) is 4.60. The fourth-order valence-corrected chi connectivity index (χ4v) is 2.80. The fraction of sp³-hybridized carbons (Fsp3) is 0. The molecule has 0 fully saturated rings. The summed E-state index contributed by atoms with van der Waals surface area (Å²) in [6.07, 6.45) is 3.70. The molecule has 0 aliphatic carbocycles. The molecule has 0 bridgehead atoms. The molecule has 20 heavy (non-hydrogen) atoms. The van der Waals surface area contributed by atoms with Gasteiger partial charge in [-0.15, -0.1) is 0 Å². The van der Waals surface area contributed by atoms with E-state index >= 15 is 0 Å². The first-order valence-electron chi connectivity index (χ1n) is 6.30. The zero-order valence-electron chi connectivity index (χ0n) is 10.5. The summed E-state index contributed by atoms with van der Waals surface area (Å²) in [6, 6.07) is 16.6. The van der Waals surface area contributed by atoms with Crippen molar-refractivity contribution in [2.45, 2.75) is 0 Å². The van der Waals surface area contributed by atoms with Gasteiger partial charge in [0, 0.05) is 14.6 Å². The number of rotatable bonds is 1. The van der Waals surface area contributed by atoms with E-state index in [0.29, 0.717) is 0 Å². The Morgan fingerprint density at radius 2 is 1.65 bits per heavy atom. The van der Waals surface area contributed by atoms with Gasteiger partial charge in [0.15, 0.2) is 0 Å². The van der Waals surface area contributed by atoms with Crippen molar-refractivity contribution in [1.29, 1.82) is 0 Å². The zero-order chi connectivity index (χ0) is 13.5. The summed E-state index contributed by atoms with van der Waals surface area (Å²) in [6.45, 7) is 0. The third-order valence-corrected chi connectivity index (χ3v) is 4.10. The number of halogens is 1. The highest BCUT2D eigenvalue weighted by Crippen LogP contribution is 2.25. The predicted molar refractivity (Wildman–Crippen MR) is 89.1 cm³/mol. The first kappa shape index (κ1) is 11.8. The van der Waals surface area contributed by atoms with E-state index in [1.165, 1.54) is 3.57 Å². The van der Waals surface area contributed by atoms with E-state index in [2.05, 4.69) is 67.5 Å². The highest BCUT2D eigenvalue weighted by molar-refractivity contribution is 14.1. The first-order chi connectivity index (χ1) is 9.83. The number of hydrogen-bond acceptors (Lipinski definition) is 2. The number of nitrogens with zero attached hydrogens (tertiary/aromatic N) is 3. The minimum Gasteiger partial charge on any atom is -0.298 e. The van der Waals surface area contributed by atoms with Crippen LogP contribution in [0.4, 0.5) is 0 Å². The number of hydrogen-bond donors (Lipinski definition) is 0. The molecule has 2 aromatic heterocycles. The molecule has 0 N–H and O–H groups in total. The van der Waals surface area contributed by atoms with E-state index in [0.717, 1.165) is 27.6 Å². The lowest BCUT2D eigenvalue weighted by Crippen LogP contribution is -1.93. The fourth-order valence-electron chi connectivity index (χ4n) is 2.44. The largest absolute Gasteiger partial charge is 0.298 e. The maximum Gasteiger partial charge on any atom is 0.108 e. The summed E-state index contributed by atoms with van der Waals surface area (Å²) < 4.78 is 3.34. The molecule has 96 valence electrons. The highest BCUT2D eigenvalue weighted by Gasteiger charge is 2.09. The van der Waals surface area contributed by atoms with Crippen molar-refractivity contribution in [3.05, 3.63) is 64.6 Å². The van der Waals surface area contributed by atoms with Gasteiger partial charge in [0.1, 0.15) is 11.8 Å². The van der Waals surface area contributed by atoms with Crippen molar-refractivity contribution in [3.8, 4) is 5.69 Å². The van der Waals surface area contributed by atoms with Gasteiger partial charge in [0.2, 0.25) is 0 Å². The Morgan fingerprint density at radius 3 is 2.50 bits per heavy atom. The molecule has 0 unspecified atom stereocenters. The molecule has 0 atom stereocenters. The molecule has 0 saturated heterocycles. The summed E-state index contributed by atoms with van der Waals surface area (Å²) in [5.74, 6) is 0. The van der Waals surface area contributed by atoms with Crippen LogP contribution in [0.2, 0.25) is 0 Å². The van der Waals surface area contributed by atoms with Gasteiger partial charge in [-0.05, 0) is 52.9 Å². The van der Waals surface area contributed by atoms with Gasteiger partial charge in [-0.1, -0.05) is 18.2 Å². The quantitative estimate of drug-likeness (QED) is 0.470. The van der Waals surface area contributed by atoms with Crippen molar-refractivity contribution in [2.24, 2.45) is 0 Å². The minimum atomic E-state index is 0.919. The smallest absolute Gasteiger partial charge is 0.108 e. The van der Waals surface area contributed by atoms with Crippen LogP contribution in [-0.4, -0.2) is 14.5 Å². The molecule has 3 nitrogen and oxygen atoms in total. The minimum absolute atomic E-state index is 0.919. The molecule has 4 heteroatoms. The lowest BCUT2D eigenvalue weighted by molar-refractivity contribution is 1.09. The van der Waals surface area contributed by atoms with Crippen molar-refractivity contribution >= 4 is 44.5 Å². The van der Waals surface area contributed by atoms with Crippen molar-refractivity contribution in [3.63, 3.8) is 0 Å². The SMILES string of the molecule is Ic1ccc(-n2cnc3cnc4ccccc4c32)cc1. The zero-order valence-corrected chi connectivity index (χ0v) is 12.7. The number of para-hydroxylation sites is 1. The highest BCUT2D eigenvalue weighted by atomic mass is 127. The van der Waals surface area contributed by atoms with Gasteiger partial charge in [0.25, 0.3) is 0 Å². The number of aromatic nitrogens is 3. The monoisotopic (exact) mass is 371 g/mol. The van der Waals surface area contributed by atoms with Crippen molar-refractivity contribution < 1.29 is 0 Å². The topological polar surface area (TPSA) is 30.7 Å². The Labute approximate surface area is 129 Å². The van der Waals surface area contributed by atoms with Gasteiger partial charge >= 0.3 is 0 Å². The molecule has 4 aromatic rings. The van der Waals surface area contributed by atoms with E-state index in [1.807, 2.05) is 30.7 Å². The summed E-state index contributed by atoms with van der Waals surface area (Å²) >= 11 is 2.31. The Kier molecular flexibility index (Phi) is 2.70. The van der Waals surface area contributed by atoms with Gasteiger partial charge in [-0.2, -0.15) is 0 Å². The molecule has 2 heterocycles. The van der Waals surface area contributed by atoms with Crippen LogP contribution in [0.3, 0.4) is 0 Å². The Morgan fingerprint density at radius 1 is 0.850 bits per heavy atom. The van der Waals surface area contributed by atoms with Crippen LogP contribution in [-0.2, 0) is 0 Å². The number of imidazole rings is 1. The average Bonchev–Trinajstić information content (AvgIpc) is 2.92.